The van der Waals surface area contributed by atoms with E-state index >= 15 is 0 Å². The summed E-state index contributed by atoms with van der Waals surface area (Å²) < 4.78 is 17.8. The SMILES string of the molecule is CCCOc1ccc(C2C3=C(CC(C)(C)CC3=O)OC3=C2C(=O)CC(C)(C)C3)cc1OC. The van der Waals surface area contributed by atoms with Gasteiger partial charge in [0.1, 0.15) is 11.5 Å². The molecule has 0 aromatic heterocycles. The number of carbonyl (C=O) groups is 2. The first-order chi connectivity index (χ1) is 15.0. The Kier molecular flexibility index (Phi) is 5.72. The van der Waals surface area contributed by atoms with E-state index < -0.39 is 5.92 Å². The predicted molar refractivity (Wildman–Crippen MR) is 123 cm³/mol. The summed E-state index contributed by atoms with van der Waals surface area (Å²) in [7, 11) is 1.61. The van der Waals surface area contributed by atoms with Crippen LogP contribution in [0.3, 0.4) is 0 Å². The molecule has 5 nitrogen and oxygen atoms in total. The number of hydrogen-bond acceptors (Lipinski definition) is 5. The lowest BCUT2D eigenvalue weighted by Crippen LogP contribution is -2.37. The third kappa shape index (κ3) is 4.10. The topological polar surface area (TPSA) is 61.8 Å². The van der Waals surface area contributed by atoms with E-state index in [-0.39, 0.29) is 22.4 Å². The highest BCUT2D eigenvalue weighted by Crippen LogP contribution is 2.53. The lowest BCUT2D eigenvalue weighted by Gasteiger charge is -2.42. The Morgan fingerprint density at radius 3 is 1.97 bits per heavy atom. The molecule has 0 saturated carbocycles. The van der Waals surface area contributed by atoms with Crippen molar-refractivity contribution in [2.24, 2.45) is 10.8 Å². The van der Waals surface area contributed by atoms with Gasteiger partial charge in [0.2, 0.25) is 0 Å². The lowest BCUT2D eigenvalue weighted by atomic mass is 9.65. The van der Waals surface area contributed by atoms with Crippen LogP contribution in [-0.4, -0.2) is 25.3 Å². The van der Waals surface area contributed by atoms with Gasteiger partial charge < -0.3 is 14.2 Å². The highest BCUT2D eigenvalue weighted by molar-refractivity contribution is 6.06. The molecule has 172 valence electrons. The molecule has 4 rings (SSSR count). The molecule has 0 unspecified atom stereocenters. The summed E-state index contributed by atoms with van der Waals surface area (Å²) in [6.45, 7) is 11.0. The molecule has 1 aliphatic heterocycles. The minimum atomic E-state index is -0.421. The van der Waals surface area contributed by atoms with E-state index in [1.54, 1.807) is 7.11 Å². The molecule has 0 fully saturated rings. The maximum absolute atomic E-state index is 13.4. The zero-order valence-electron chi connectivity index (χ0n) is 20.1. The van der Waals surface area contributed by atoms with Crippen LogP contribution in [0.2, 0.25) is 0 Å². The fourth-order valence-corrected chi connectivity index (χ4v) is 5.20. The Labute approximate surface area is 190 Å². The van der Waals surface area contributed by atoms with Gasteiger partial charge >= 0.3 is 0 Å². The van der Waals surface area contributed by atoms with Crippen molar-refractivity contribution in [1.82, 2.24) is 0 Å². The fraction of sp³-hybridized carbons (Fsp3) is 0.556. The smallest absolute Gasteiger partial charge is 0.163 e. The molecular weight excluding hydrogens is 404 g/mol. The van der Waals surface area contributed by atoms with Crippen LogP contribution in [0.25, 0.3) is 0 Å². The number of ether oxygens (including phenoxy) is 3. The minimum absolute atomic E-state index is 0.0655. The summed E-state index contributed by atoms with van der Waals surface area (Å²) in [5, 5.41) is 0. The maximum atomic E-state index is 13.4. The van der Waals surface area contributed by atoms with E-state index in [2.05, 4.69) is 34.6 Å². The average molecular weight is 439 g/mol. The van der Waals surface area contributed by atoms with Crippen LogP contribution in [0.5, 0.6) is 11.5 Å². The Hall–Kier alpha value is -2.56. The fourth-order valence-electron chi connectivity index (χ4n) is 5.20. The van der Waals surface area contributed by atoms with Crippen molar-refractivity contribution in [3.05, 3.63) is 46.4 Å². The van der Waals surface area contributed by atoms with Gasteiger partial charge in [0.15, 0.2) is 23.1 Å². The van der Waals surface area contributed by atoms with Gasteiger partial charge in [0, 0.05) is 42.7 Å². The van der Waals surface area contributed by atoms with Crippen LogP contribution in [0.15, 0.2) is 40.9 Å². The number of methoxy groups -OCH3 is 1. The highest BCUT2D eigenvalue weighted by Gasteiger charge is 2.47. The molecule has 5 heteroatoms. The molecule has 0 spiro atoms. The molecule has 0 radical (unpaired) electrons. The Morgan fingerprint density at radius 1 is 0.906 bits per heavy atom. The minimum Gasteiger partial charge on any atom is -0.493 e. The van der Waals surface area contributed by atoms with Crippen molar-refractivity contribution >= 4 is 11.6 Å². The summed E-state index contributed by atoms with van der Waals surface area (Å²) in [5.41, 5.74) is 1.82. The summed E-state index contributed by atoms with van der Waals surface area (Å²) in [4.78, 5) is 26.7. The van der Waals surface area contributed by atoms with Crippen molar-refractivity contribution in [2.45, 2.75) is 72.6 Å². The third-order valence-electron chi connectivity index (χ3n) is 6.56. The molecule has 0 N–H and O–H groups in total. The Bertz CT molecular complexity index is 972. The Morgan fingerprint density at radius 2 is 1.47 bits per heavy atom. The molecule has 1 aromatic carbocycles. The van der Waals surface area contributed by atoms with Gasteiger partial charge in [0.25, 0.3) is 0 Å². The number of ketones is 2. The largest absolute Gasteiger partial charge is 0.493 e. The van der Waals surface area contributed by atoms with E-state index in [0.717, 1.165) is 23.5 Å². The summed E-state index contributed by atoms with van der Waals surface area (Å²) in [6.07, 6.45) is 3.16. The number of carbonyl (C=O) groups excluding carboxylic acids is 2. The molecule has 0 bridgehead atoms. The normalized spacial score (nSPS) is 22.3. The zero-order valence-corrected chi connectivity index (χ0v) is 20.1. The van der Waals surface area contributed by atoms with Crippen LogP contribution in [0.1, 0.15) is 78.2 Å². The number of benzene rings is 1. The zero-order chi connectivity index (χ0) is 23.3. The molecule has 1 heterocycles. The van der Waals surface area contributed by atoms with Gasteiger partial charge in [-0.05, 0) is 34.9 Å². The molecule has 1 aromatic rings. The van der Waals surface area contributed by atoms with Crippen molar-refractivity contribution in [3.8, 4) is 11.5 Å². The summed E-state index contributed by atoms with van der Waals surface area (Å²) in [6, 6.07) is 5.75. The average Bonchev–Trinajstić information content (AvgIpc) is 2.68. The van der Waals surface area contributed by atoms with Gasteiger partial charge in [-0.25, -0.2) is 0 Å². The van der Waals surface area contributed by atoms with Gasteiger partial charge in [-0.3, -0.25) is 9.59 Å². The van der Waals surface area contributed by atoms with Crippen molar-refractivity contribution in [1.29, 1.82) is 0 Å². The van der Waals surface area contributed by atoms with Crippen LogP contribution in [0, 0.1) is 10.8 Å². The maximum Gasteiger partial charge on any atom is 0.163 e. The van der Waals surface area contributed by atoms with Crippen LogP contribution in [0.4, 0.5) is 0 Å². The Balaban J connectivity index is 1.87. The number of rotatable bonds is 5. The first-order valence-corrected chi connectivity index (χ1v) is 11.6. The van der Waals surface area contributed by atoms with E-state index in [0.29, 0.717) is 54.9 Å². The standard InChI is InChI=1S/C27H34O5/c1-7-10-31-19-9-8-16(11-20(19)30-6)23-24-17(28)12-26(2,3)14-21(24)32-22-15-27(4,5)13-18(29)25(22)23/h8-9,11,23H,7,10,12-15H2,1-6H3. The van der Waals surface area contributed by atoms with Gasteiger partial charge in [0.05, 0.1) is 13.7 Å². The molecular formula is C27H34O5. The molecule has 0 amide bonds. The molecule has 32 heavy (non-hydrogen) atoms. The quantitative estimate of drug-likeness (QED) is 0.574. The van der Waals surface area contributed by atoms with Crippen molar-refractivity contribution in [2.75, 3.05) is 13.7 Å². The monoisotopic (exact) mass is 438 g/mol. The second-order valence-corrected chi connectivity index (χ2v) is 10.8. The van der Waals surface area contributed by atoms with E-state index in [4.69, 9.17) is 14.2 Å². The van der Waals surface area contributed by atoms with E-state index in [1.165, 1.54) is 0 Å². The number of hydrogen-bond donors (Lipinski definition) is 0. The molecule has 3 aliphatic rings. The molecule has 0 saturated heterocycles. The second kappa shape index (κ2) is 8.09. The summed E-state index contributed by atoms with van der Waals surface area (Å²) >= 11 is 0. The number of Topliss-reactive ketones (excluding diaryl/α,β-unsaturated/α-hetero) is 2. The van der Waals surface area contributed by atoms with E-state index in [9.17, 15) is 9.59 Å². The molecule has 2 aliphatic carbocycles. The van der Waals surface area contributed by atoms with Crippen LogP contribution < -0.4 is 9.47 Å². The van der Waals surface area contributed by atoms with E-state index in [1.807, 2.05) is 18.2 Å². The highest BCUT2D eigenvalue weighted by atomic mass is 16.5. The van der Waals surface area contributed by atoms with Gasteiger partial charge in [-0.15, -0.1) is 0 Å². The van der Waals surface area contributed by atoms with Crippen molar-refractivity contribution in [3.63, 3.8) is 0 Å². The molecule has 0 atom stereocenters. The first-order valence-electron chi connectivity index (χ1n) is 11.6. The van der Waals surface area contributed by atoms with Crippen molar-refractivity contribution < 1.29 is 23.8 Å². The lowest BCUT2D eigenvalue weighted by molar-refractivity contribution is -0.120. The number of allylic oxidation sites excluding steroid dienone is 4. The third-order valence-corrected chi connectivity index (χ3v) is 6.56. The first kappa shape index (κ1) is 22.6. The van der Waals surface area contributed by atoms with Crippen LogP contribution >= 0.6 is 0 Å². The van der Waals surface area contributed by atoms with Crippen LogP contribution in [-0.2, 0) is 14.3 Å². The van der Waals surface area contributed by atoms with Gasteiger partial charge in [-0.2, -0.15) is 0 Å². The summed E-state index contributed by atoms with van der Waals surface area (Å²) in [5.74, 6) is 2.44. The predicted octanol–water partition coefficient (Wildman–Crippen LogP) is 5.88. The van der Waals surface area contributed by atoms with Gasteiger partial charge in [-0.1, -0.05) is 40.7 Å². The second-order valence-electron chi connectivity index (χ2n) is 10.8.